The molecule has 37 heavy (non-hydrogen) atoms. The van der Waals surface area contributed by atoms with Crippen molar-refractivity contribution < 1.29 is 24.3 Å². The van der Waals surface area contributed by atoms with Crippen LogP contribution in [0.5, 0.6) is 0 Å². The summed E-state index contributed by atoms with van der Waals surface area (Å²) in [7, 11) is 0. The van der Waals surface area contributed by atoms with Gasteiger partial charge in [0.15, 0.2) is 5.96 Å². The molecule has 202 valence electrons. The molecule has 16 heteroatoms. The van der Waals surface area contributed by atoms with Gasteiger partial charge < -0.3 is 48.2 Å². The number of nitrogens with one attached hydrogen (secondary N) is 5. The first-order chi connectivity index (χ1) is 17.6. The van der Waals surface area contributed by atoms with E-state index < -0.39 is 47.9 Å². The third-order valence-corrected chi connectivity index (χ3v) is 5.26. The maximum atomic E-state index is 13.3. The van der Waals surface area contributed by atoms with Gasteiger partial charge in [-0.3, -0.25) is 24.2 Å². The summed E-state index contributed by atoms with van der Waals surface area (Å²) in [5, 5.41) is 16.7. The Hall–Kier alpha value is -4.47. The van der Waals surface area contributed by atoms with Crippen LogP contribution in [0.2, 0.25) is 0 Å². The number of hydrogen-bond donors (Lipinski definition) is 9. The van der Waals surface area contributed by atoms with E-state index in [2.05, 4.69) is 40.9 Å². The van der Waals surface area contributed by atoms with Crippen LogP contribution in [-0.4, -0.2) is 85.4 Å². The monoisotopic (exact) mass is 519 g/mol. The number of carboxylic acid groups (broad SMARTS) is 1. The molecule has 0 saturated carbocycles. The molecule has 3 amide bonds. The number of rotatable bonds is 15. The Morgan fingerprint density at radius 3 is 1.92 bits per heavy atom. The second-order valence-electron chi connectivity index (χ2n) is 8.31. The molecule has 4 atom stereocenters. The highest BCUT2D eigenvalue weighted by molar-refractivity contribution is 5.94. The van der Waals surface area contributed by atoms with Gasteiger partial charge in [-0.25, -0.2) is 9.97 Å². The lowest BCUT2D eigenvalue weighted by atomic mass is 10.1. The Morgan fingerprint density at radius 1 is 0.946 bits per heavy atom. The molecule has 0 aliphatic heterocycles. The van der Waals surface area contributed by atoms with Crippen LogP contribution in [0.15, 0.2) is 30.0 Å². The topological polar surface area (TPSA) is 272 Å². The zero-order valence-electron chi connectivity index (χ0n) is 20.3. The fourth-order valence-corrected chi connectivity index (χ4v) is 3.23. The average molecular weight is 520 g/mol. The number of amides is 3. The molecule has 0 fully saturated rings. The van der Waals surface area contributed by atoms with Gasteiger partial charge in [-0.15, -0.1) is 0 Å². The molecule has 0 aromatic carbocycles. The third kappa shape index (κ3) is 9.96. The summed E-state index contributed by atoms with van der Waals surface area (Å²) >= 11 is 0. The molecule has 0 bridgehead atoms. The summed E-state index contributed by atoms with van der Waals surface area (Å²) in [5.41, 5.74) is 17.6. The Labute approximate surface area is 212 Å². The number of carboxylic acids is 1. The summed E-state index contributed by atoms with van der Waals surface area (Å²) < 4.78 is 0. The lowest BCUT2D eigenvalue weighted by molar-refractivity contribution is -0.141. The van der Waals surface area contributed by atoms with Crippen LogP contribution in [0.4, 0.5) is 0 Å². The SMILES string of the molecule is CC(NC(=O)C(Cc1cnc[nH]1)NC(=O)C(Cc1cnc[nH]1)NC(=O)C(N)CCCN=C(N)N)C(=O)O. The van der Waals surface area contributed by atoms with Crippen LogP contribution in [0.25, 0.3) is 0 Å². The van der Waals surface area contributed by atoms with Crippen LogP contribution in [0.1, 0.15) is 31.2 Å². The highest BCUT2D eigenvalue weighted by Crippen LogP contribution is 2.05. The van der Waals surface area contributed by atoms with E-state index in [1.165, 1.54) is 32.0 Å². The van der Waals surface area contributed by atoms with E-state index in [0.29, 0.717) is 24.4 Å². The van der Waals surface area contributed by atoms with Gasteiger partial charge >= 0.3 is 5.97 Å². The summed E-state index contributed by atoms with van der Waals surface area (Å²) in [6, 6.07) is -4.41. The van der Waals surface area contributed by atoms with Crippen molar-refractivity contribution in [3.63, 3.8) is 0 Å². The number of carbonyl (C=O) groups excluding carboxylic acids is 3. The van der Waals surface area contributed by atoms with Crippen molar-refractivity contribution in [2.24, 2.45) is 22.2 Å². The van der Waals surface area contributed by atoms with E-state index in [9.17, 15) is 19.2 Å². The molecule has 0 aliphatic rings. The number of H-pyrrole nitrogens is 2. The Morgan fingerprint density at radius 2 is 1.46 bits per heavy atom. The zero-order valence-corrected chi connectivity index (χ0v) is 20.3. The highest BCUT2D eigenvalue weighted by Gasteiger charge is 2.30. The largest absolute Gasteiger partial charge is 0.480 e. The Kier molecular flexibility index (Phi) is 11.0. The van der Waals surface area contributed by atoms with Crippen molar-refractivity contribution in [2.45, 2.75) is 56.8 Å². The predicted molar refractivity (Wildman–Crippen MR) is 132 cm³/mol. The number of nitrogens with two attached hydrogens (primary N) is 3. The lowest BCUT2D eigenvalue weighted by Gasteiger charge is -2.24. The molecule has 16 nitrogen and oxygen atoms in total. The molecule has 0 saturated heterocycles. The maximum absolute atomic E-state index is 13.3. The average Bonchev–Trinajstić information content (AvgIpc) is 3.54. The van der Waals surface area contributed by atoms with Crippen LogP contribution in [0, 0.1) is 0 Å². The van der Waals surface area contributed by atoms with Crippen molar-refractivity contribution >= 4 is 29.7 Å². The van der Waals surface area contributed by atoms with E-state index in [4.69, 9.17) is 22.3 Å². The minimum Gasteiger partial charge on any atom is -0.480 e. The molecule has 2 aromatic heterocycles. The van der Waals surface area contributed by atoms with Crippen LogP contribution in [0.3, 0.4) is 0 Å². The van der Waals surface area contributed by atoms with Gasteiger partial charge in [0.05, 0.1) is 18.7 Å². The van der Waals surface area contributed by atoms with E-state index >= 15 is 0 Å². The minimum atomic E-state index is -1.24. The third-order valence-electron chi connectivity index (χ3n) is 5.26. The van der Waals surface area contributed by atoms with Crippen molar-refractivity contribution in [3.05, 3.63) is 36.4 Å². The van der Waals surface area contributed by atoms with E-state index in [1.54, 1.807) is 0 Å². The second-order valence-corrected chi connectivity index (χ2v) is 8.31. The fourth-order valence-electron chi connectivity index (χ4n) is 3.23. The Balaban J connectivity index is 2.14. The van der Waals surface area contributed by atoms with Gasteiger partial charge in [0, 0.05) is 43.2 Å². The van der Waals surface area contributed by atoms with Crippen LogP contribution in [-0.2, 0) is 32.0 Å². The zero-order chi connectivity index (χ0) is 27.4. The van der Waals surface area contributed by atoms with Crippen molar-refractivity contribution in [1.82, 2.24) is 35.9 Å². The summed E-state index contributed by atoms with van der Waals surface area (Å²) in [6.07, 6.45) is 6.52. The number of aromatic amines is 2. The van der Waals surface area contributed by atoms with Gasteiger partial charge in [-0.2, -0.15) is 0 Å². The predicted octanol–water partition coefficient (Wildman–Crippen LogP) is -3.14. The van der Waals surface area contributed by atoms with Crippen molar-refractivity contribution in [1.29, 1.82) is 0 Å². The molecule has 0 spiro atoms. The number of hydrogen-bond acceptors (Lipinski definition) is 8. The smallest absolute Gasteiger partial charge is 0.325 e. The van der Waals surface area contributed by atoms with E-state index in [1.807, 2.05) is 0 Å². The number of imidazole rings is 2. The number of aliphatic carboxylic acids is 1. The molecular formula is C21H33N11O5. The van der Waals surface area contributed by atoms with Gasteiger partial charge in [0.1, 0.15) is 18.1 Å². The second kappa shape index (κ2) is 14.2. The van der Waals surface area contributed by atoms with Crippen LogP contribution < -0.4 is 33.2 Å². The quantitative estimate of drug-likeness (QED) is 0.0647. The first-order valence-corrected chi connectivity index (χ1v) is 11.5. The van der Waals surface area contributed by atoms with E-state index in [-0.39, 0.29) is 25.2 Å². The van der Waals surface area contributed by atoms with Gasteiger partial charge in [-0.1, -0.05) is 0 Å². The number of aliphatic imine (C=N–C) groups is 1. The number of carbonyl (C=O) groups is 4. The molecule has 2 aromatic rings. The van der Waals surface area contributed by atoms with Gasteiger partial charge in [0.2, 0.25) is 17.7 Å². The molecular weight excluding hydrogens is 486 g/mol. The summed E-state index contributed by atoms with van der Waals surface area (Å²) in [6.45, 7) is 1.59. The molecule has 0 aliphatic carbocycles. The highest BCUT2D eigenvalue weighted by atomic mass is 16.4. The Bertz CT molecular complexity index is 1050. The minimum absolute atomic E-state index is 0.00105. The van der Waals surface area contributed by atoms with Crippen molar-refractivity contribution in [2.75, 3.05) is 6.54 Å². The molecule has 12 N–H and O–H groups in total. The van der Waals surface area contributed by atoms with E-state index in [0.717, 1.165) is 0 Å². The fraction of sp³-hybridized carbons (Fsp3) is 0.476. The summed E-state index contributed by atoms with van der Waals surface area (Å²) in [5.74, 6) is -3.29. The van der Waals surface area contributed by atoms with Gasteiger partial charge in [0.25, 0.3) is 0 Å². The first kappa shape index (κ1) is 28.8. The number of guanidine groups is 1. The van der Waals surface area contributed by atoms with Gasteiger partial charge in [-0.05, 0) is 19.8 Å². The lowest BCUT2D eigenvalue weighted by Crippen LogP contribution is -2.58. The molecule has 4 unspecified atom stereocenters. The molecule has 2 rings (SSSR count). The maximum Gasteiger partial charge on any atom is 0.325 e. The molecule has 2 heterocycles. The van der Waals surface area contributed by atoms with Crippen LogP contribution >= 0.6 is 0 Å². The molecule has 0 radical (unpaired) electrons. The summed E-state index contributed by atoms with van der Waals surface area (Å²) in [4.78, 5) is 67.3. The first-order valence-electron chi connectivity index (χ1n) is 11.5. The normalized spacial score (nSPS) is 14.0. The van der Waals surface area contributed by atoms with Crippen molar-refractivity contribution in [3.8, 4) is 0 Å². The standard InChI is InChI=1S/C21H33N11O5/c1-11(20(36)37)30-18(34)15(5-12-7-25-9-28-12)32-19(35)16(6-13-8-26-10-29-13)31-17(33)14(22)3-2-4-27-21(23)24/h7-11,14-16H,2-6,22H2,1H3,(H,25,28)(H,26,29)(H,30,34)(H,31,33)(H,32,35)(H,36,37)(H4,23,24,27). The number of aromatic nitrogens is 4. The number of nitrogens with zero attached hydrogens (tertiary/aromatic N) is 3.